The molecule has 0 saturated heterocycles. The average Bonchev–Trinajstić information content (AvgIpc) is 3.31. The SMILES string of the molecule is COc1ccc(C2=NO[C@@H](CN(Cc3cccc(Cl)c3)C(=O)c3cccc(F)c3)C2)cc1OC. The highest BCUT2D eigenvalue weighted by molar-refractivity contribution is 6.30. The lowest BCUT2D eigenvalue weighted by Crippen LogP contribution is -2.37. The molecule has 6 nitrogen and oxygen atoms in total. The maximum absolute atomic E-state index is 13.8. The number of halogens is 2. The van der Waals surface area contributed by atoms with Crippen LogP contribution in [0.4, 0.5) is 4.39 Å². The summed E-state index contributed by atoms with van der Waals surface area (Å²) in [5, 5.41) is 4.82. The van der Waals surface area contributed by atoms with Crippen LogP contribution in [0.1, 0.15) is 27.9 Å². The molecular weight excluding hydrogens is 459 g/mol. The standard InChI is InChI=1S/C26H24ClFN2O4/c1-32-24-10-9-18(13-25(24)33-2)23-14-22(34-29-23)16-30(15-17-5-3-7-20(27)11-17)26(31)19-6-4-8-21(28)12-19/h3-13,22H,14-16H2,1-2H3/t22-/m1/s1. The Kier molecular flexibility index (Phi) is 7.33. The molecular formula is C26H24ClFN2O4. The fourth-order valence-electron chi connectivity index (χ4n) is 3.84. The highest BCUT2D eigenvalue weighted by atomic mass is 35.5. The molecule has 0 aliphatic carbocycles. The molecule has 1 aliphatic rings. The fourth-order valence-corrected chi connectivity index (χ4v) is 4.05. The van der Waals surface area contributed by atoms with Gasteiger partial charge in [0.2, 0.25) is 0 Å². The van der Waals surface area contributed by atoms with Crippen molar-refractivity contribution in [2.24, 2.45) is 5.16 Å². The van der Waals surface area contributed by atoms with Gasteiger partial charge in [-0.3, -0.25) is 4.79 Å². The van der Waals surface area contributed by atoms with Crippen molar-refractivity contribution in [2.75, 3.05) is 20.8 Å². The van der Waals surface area contributed by atoms with Gasteiger partial charge in [-0.05, 0) is 54.1 Å². The first-order valence-electron chi connectivity index (χ1n) is 10.7. The molecule has 1 amide bonds. The van der Waals surface area contributed by atoms with Crippen molar-refractivity contribution in [3.63, 3.8) is 0 Å². The molecule has 4 rings (SSSR count). The zero-order valence-corrected chi connectivity index (χ0v) is 19.6. The van der Waals surface area contributed by atoms with Crippen LogP contribution in [0.5, 0.6) is 11.5 Å². The molecule has 0 unspecified atom stereocenters. The summed E-state index contributed by atoms with van der Waals surface area (Å²) in [6.45, 7) is 0.559. The Morgan fingerprint density at radius 3 is 2.62 bits per heavy atom. The third-order valence-electron chi connectivity index (χ3n) is 5.50. The first kappa shape index (κ1) is 23.6. The summed E-state index contributed by atoms with van der Waals surface area (Å²) in [6, 6.07) is 18.5. The maximum atomic E-state index is 13.8. The van der Waals surface area contributed by atoms with Gasteiger partial charge in [-0.2, -0.15) is 0 Å². The van der Waals surface area contributed by atoms with Crippen LogP contribution in [0.3, 0.4) is 0 Å². The summed E-state index contributed by atoms with van der Waals surface area (Å²) >= 11 is 6.13. The number of amides is 1. The Balaban J connectivity index is 1.52. The summed E-state index contributed by atoms with van der Waals surface area (Å²) in [4.78, 5) is 20.6. The normalized spacial score (nSPS) is 14.8. The first-order chi connectivity index (χ1) is 16.5. The van der Waals surface area contributed by atoms with Crippen molar-refractivity contribution in [1.29, 1.82) is 0 Å². The van der Waals surface area contributed by atoms with Crippen molar-refractivity contribution in [2.45, 2.75) is 19.1 Å². The van der Waals surface area contributed by atoms with E-state index in [1.165, 1.54) is 18.2 Å². The van der Waals surface area contributed by atoms with E-state index in [-0.39, 0.29) is 24.1 Å². The van der Waals surface area contributed by atoms with Gasteiger partial charge >= 0.3 is 0 Å². The van der Waals surface area contributed by atoms with Crippen molar-refractivity contribution in [3.05, 3.63) is 94.3 Å². The van der Waals surface area contributed by atoms with Crippen molar-refractivity contribution >= 4 is 23.2 Å². The van der Waals surface area contributed by atoms with Crippen LogP contribution >= 0.6 is 11.6 Å². The van der Waals surface area contributed by atoms with Crippen molar-refractivity contribution in [3.8, 4) is 11.5 Å². The van der Waals surface area contributed by atoms with Crippen LogP contribution in [0.15, 0.2) is 71.9 Å². The molecule has 176 valence electrons. The summed E-state index contributed by atoms with van der Waals surface area (Å²) < 4.78 is 24.5. The van der Waals surface area contributed by atoms with E-state index >= 15 is 0 Å². The second-order valence-electron chi connectivity index (χ2n) is 7.87. The van der Waals surface area contributed by atoms with E-state index in [0.29, 0.717) is 29.5 Å². The van der Waals surface area contributed by atoms with Crippen LogP contribution in [0.2, 0.25) is 5.02 Å². The molecule has 0 N–H and O–H groups in total. The largest absolute Gasteiger partial charge is 0.493 e. The lowest BCUT2D eigenvalue weighted by molar-refractivity contribution is 0.0405. The smallest absolute Gasteiger partial charge is 0.254 e. The monoisotopic (exact) mass is 482 g/mol. The number of nitrogens with zero attached hydrogens (tertiary/aromatic N) is 2. The molecule has 3 aromatic rings. The zero-order chi connectivity index (χ0) is 24.1. The Bertz CT molecular complexity index is 1220. The van der Waals surface area contributed by atoms with Crippen LogP contribution < -0.4 is 9.47 Å². The molecule has 0 spiro atoms. The minimum atomic E-state index is -0.468. The maximum Gasteiger partial charge on any atom is 0.254 e. The number of hydrogen-bond donors (Lipinski definition) is 0. The Morgan fingerprint density at radius 1 is 1.09 bits per heavy atom. The van der Waals surface area contributed by atoms with E-state index in [1.807, 2.05) is 30.3 Å². The first-order valence-corrected chi connectivity index (χ1v) is 11.1. The van der Waals surface area contributed by atoms with E-state index in [9.17, 15) is 9.18 Å². The average molecular weight is 483 g/mol. The van der Waals surface area contributed by atoms with Crippen LogP contribution in [-0.2, 0) is 11.4 Å². The van der Waals surface area contributed by atoms with Gasteiger partial charge in [0, 0.05) is 29.1 Å². The number of hydrogen-bond acceptors (Lipinski definition) is 5. The summed E-state index contributed by atoms with van der Waals surface area (Å²) in [5.41, 5.74) is 2.71. The van der Waals surface area contributed by atoms with Gasteiger partial charge in [0.25, 0.3) is 5.91 Å². The van der Waals surface area contributed by atoms with E-state index in [0.717, 1.165) is 16.8 Å². The van der Waals surface area contributed by atoms with Gasteiger partial charge in [-0.1, -0.05) is 35.0 Å². The number of oxime groups is 1. The molecule has 0 aromatic heterocycles. The highest BCUT2D eigenvalue weighted by Gasteiger charge is 2.28. The third-order valence-corrected chi connectivity index (χ3v) is 5.73. The Labute approximate surface area is 202 Å². The Morgan fingerprint density at radius 2 is 1.88 bits per heavy atom. The number of ether oxygens (including phenoxy) is 2. The predicted molar refractivity (Wildman–Crippen MR) is 128 cm³/mol. The molecule has 1 heterocycles. The minimum Gasteiger partial charge on any atom is -0.493 e. The van der Waals surface area contributed by atoms with E-state index in [2.05, 4.69) is 5.16 Å². The number of carbonyl (C=O) groups is 1. The van der Waals surface area contributed by atoms with Crippen LogP contribution in [0, 0.1) is 5.82 Å². The number of benzene rings is 3. The quantitative estimate of drug-likeness (QED) is 0.435. The second kappa shape index (κ2) is 10.6. The van der Waals surface area contributed by atoms with Gasteiger partial charge < -0.3 is 19.2 Å². The van der Waals surface area contributed by atoms with Gasteiger partial charge in [-0.25, -0.2) is 4.39 Å². The lowest BCUT2D eigenvalue weighted by Gasteiger charge is -2.25. The van der Waals surface area contributed by atoms with Crippen molar-refractivity contribution in [1.82, 2.24) is 4.90 Å². The highest BCUT2D eigenvalue weighted by Crippen LogP contribution is 2.30. The van der Waals surface area contributed by atoms with Gasteiger partial charge in [0.05, 0.1) is 26.5 Å². The number of methoxy groups -OCH3 is 2. The molecule has 34 heavy (non-hydrogen) atoms. The van der Waals surface area contributed by atoms with Gasteiger partial charge in [0.15, 0.2) is 17.6 Å². The molecule has 1 aliphatic heterocycles. The van der Waals surface area contributed by atoms with Crippen LogP contribution in [0.25, 0.3) is 0 Å². The molecule has 0 radical (unpaired) electrons. The van der Waals surface area contributed by atoms with Gasteiger partial charge in [-0.15, -0.1) is 0 Å². The second-order valence-corrected chi connectivity index (χ2v) is 8.30. The number of carbonyl (C=O) groups excluding carboxylic acids is 1. The van der Waals surface area contributed by atoms with Crippen LogP contribution in [-0.4, -0.2) is 43.4 Å². The number of rotatable bonds is 8. The topological polar surface area (TPSA) is 60.4 Å². The molecule has 0 fully saturated rings. The molecule has 0 saturated carbocycles. The minimum absolute atomic E-state index is 0.265. The van der Waals surface area contributed by atoms with Gasteiger partial charge in [0.1, 0.15) is 5.82 Å². The molecule has 0 bridgehead atoms. The Hall–Kier alpha value is -3.58. The summed E-state index contributed by atoms with van der Waals surface area (Å²) in [5.74, 6) is 0.443. The lowest BCUT2D eigenvalue weighted by atomic mass is 10.0. The van der Waals surface area contributed by atoms with E-state index in [1.54, 1.807) is 37.3 Å². The summed E-state index contributed by atoms with van der Waals surface area (Å²) in [6.07, 6.45) is 0.137. The van der Waals surface area contributed by atoms with Crippen molar-refractivity contribution < 1.29 is 23.5 Å². The molecule has 1 atom stereocenters. The fraction of sp³-hybridized carbons (Fsp3) is 0.231. The predicted octanol–water partition coefficient (Wildman–Crippen LogP) is 5.33. The molecule has 3 aromatic carbocycles. The van der Waals surface area contributed by atoms with E-state index < -0.39 is 5.82 Å². The summed E-state index contributed by atoms with van der Waals surface area (Å²) in [7, 11) is 3.15. The third kappa shape index (κ3) is 5.48. The molecule has 8 heteroatoms. The zero-order valence-electron chi connectivity index (χ0n) is 18.8. The van der Waals surface area contributed by atoms with E-state index in [4.69, 9.17) is 25.9 Å².